The summed E-state index contributed by atoms with van der Waals surface area (Å²) in [5.74, 6) is 0.174. The van der Waals surface area contributed by atoms with Gasteiger partial charge in [-0.2, -0.15) is 5.10 Å². The Morgan fingerprint density at radius 2 is 1.97 bits per heavy atom. The van der Waals surface area contributed by atoms with E-state index >= 15 is 0 Å². The van der Waals surface area contributed by atoms with Gasteiger partial charge in [0.1, 0.15) is 11.5 Å². The Balaban J connectivity index is 1.57. The van der Waals surface area contributed by atoms with Gasteiger partial charge in [0.2, 0.25) is 0 Å². The van der Waals surface area contributed by atoms with Crippen LogP contribution in [-0.2, 0) is 6.42 Å². The van der Waals surface area contributed by atoms with E-state index in [0.717, 1.165) is 17.5 Å². The Labute approximate surface area is 184 Å². The number of aryl methyl sites for hydroxylation is 2. The minimum atomic E-state index is -0.393. The molecule has 0 bridgehead atoms. The van der Waals surface area contributed by atoms with E-state index in [1.165, 1.54) is 0 Å². The van der Waals surface area contributed by atoms with Gasteiger partial charge in [0.15, 0.2) is 5.76 Å². The molecule has 1 aliphatic rings. The number of carbonyl (C=O) groups excluding carboxylic acids is 2. The monoisotopic (exact) mass is 436 g/mol. The average molecular weight is 437 g/mol. The highest BCUT2D eigenvalue weighted by molar-refractivity contribution is 6.31. The summed E-state index contributed by atoms with van der Waals surface area (Å²) in [6, 6.07) is 10.4. The van der Waals surface area contributed by atoms with Crippen LogP contribution in [0.1, 0.15) is 56.3 Å². The number of nitrogens with zero attached hydrogens (tertiary/aromatic N) is 2. The van der Waals surface area contributed by atoms with E-state index in [0.29, 0.717) is 40.6 Å². The zero-order chi connectivity index (χ0) is 22.0. The summed E-state index contributed by atoms with van der Waals surface area (Å²) in [7, 11) is 0. The molecule has 4 rings (SSSR count). The van der Waals surface area contributed by atoms with E-state index in [1.807, 2.05) is 19.9 Å². The van der Waals surface area contributed by atoms with Gasteiger partial charge in [0.25, 0.3) is 11.8 Å². The maximum Gasteiger partial charge on any atom is 0.291 e. The number of fused-ring (bicyclic) bond motifs is 1. The van der Waals surface area contributed by atoms with Crippen molar-refractivity contribution < 1.29 is 14.0 Å². The third-order valence-electron chi connectivity index (χ3n) is 5.15. The molecule has 7 nitrogen and oxygen atoms in total. The average Bonchev–Trinajstić information content (AvgIpc) is 3.12. The second kappa shape index (κ2) is 8.73. The summed E-state index contributed by atoms with van der Waals surface area (Å²) in [5, 5.41) is 7.71. The number of hydrogen-bond acceptors (Lipinski definition) is 5. The van der Waals surface area contributed by atoms with Gasteiger partial charge in [-0.15, -0.1) is 0 Å². The second-order valence-corrected chi connectivity index (χ2v) is 7.75. The van der Waals surface area contributed by atoms with Crippen LogP contribution in [0.2, 0.25) is 5.02 Å². The number of aromatic nitrogens is 1. The molecule has 0 fully saturated rings. The van der Waals surface area contributed by atoms with Crippen molar-refractivity contribution in [3.05, 3.63) is 81.5 Å². The van der Waals surface area contributed by atoms with E-state index in [9.17, 15) is 9.59 Å². The van der Waals surface area contributed by atoms with Crippen LogP contribution in [0.4, 0.5) is 5.69 Å². The normalized spacial score (nSPS) is 14.2. The molecule has 0 atom stereocenters. The first-order chi connectivity index (χ1) is 14.9. The number of amides is 2. The van der Waals surface area contributed by atoms with Crippen LogP contribution in [0.15, 0.2) is 52.1 Å². The molecule has 0 saturated heterocycles. The van der Waals surface area contributed by atoms with Gasteiger partial charge in [0, 0.05) is 34.5 Å². The number of halogens is 1. The summed E-state index contributed by atoms with van der Waals surface area (Å²) < 4.78 is 5.90. The zero-order valence-corrected chi connectivity index (χ0v) is 17.9. The number of anilines is 1. The number of benzene rings is 1. The largest absolute Gasteiger partial charge is 0.455 e. The molecule has 31 heavy (non-hydrogen) atoms. The number of furan rings is 1. The quantitative estimate of drug-likeness (QED) is 0.581. The highest BCUT2D eigenvalue weighted by Gasteiger charge is 2.28. The fraction of sp³-hybridized carbons (Fsp3) is 0.217. The van der Waals surface area contributed by atoms with E-state index in [4.69, 9.17) is 16.0 Å². The molecular formula is C23H21ClN4O3. The number of nitrogens with one attached hydrogen (secondary N) is 2. The summed E-state index contributed by atoms with van der Waals surface area (Å²) >= 11 is 6.15. The minimum absolute atomic E-state index is 0.229. The third kappa shape index (κ3) is 4.36. The van der Waals surface area contributed by atoms with Crippen LogP contribution in [0.3, 0.4) is 0 Å². The van der Waals surface area contributed by atoms with Gasteiger partial charge in [0.05, 0.1) is 5.71 Å². The van der Waals surface area contributed by atoms with E-state index in [-0.39, 0.29) is 17.4 Å². The second-order valence-electron chi connectivity index (χ2n) is 7.34. The maximum atomic E-state index is 12.8. The lowest BCUT2D eigenvalue weighted by Gasteiger charge is -2.13. The molecule has 1 aromatic carbocycles. The SMILES string of the molecule is Cc1ccc(NC(=O)c2oc3c(c2C)/C(=N/NC(=O)c2ccccn2)CCC3)cc1Cl. The van der Waals surface area contributed by atoms with Crippen LogP contribution in [-0.4, -0.2) is 22.5 Å². The van der Waals surface area contributed by atoms with Crippen LogP contribution in [0.25, 0.3) is 0 Å². The standard InChI is InChI=1S/C23H21ClN4O3/c1-13-9-10-15(12-16(13)24)26-23(30)21-14(2)20-17(7-5-8-19(20)31-21)27-28-22(29)18-6-3-4-11-25-18/h3-4,6,9-12H,5,7-8H2,1-2H3,(H,26,30)(H,28,29)/b27-17+. The number of pyridine rings is 1. The zero-order valence-electron chi connectivity index (χ0n) is 17.2. The number of carbonyl (C=O) groups is 2. The topological polar surface area (TPSA) is 96.6 Å². The van der Waals surface area contributed by atoms with Crippen molar-refractivity contribution in [2.75, 3.05) is 5.32 Å². The van der Waals surface area contributed by atoms with Gasteiger partial charge in [-0.3, -0.25) is 14.6 Å². The van der Waals surface area contributed by atoms with Gasteiger partial charge in [-0.25, -0.2) is 5.43 Å². The van der Waals surface area contributed by atoms with Crippen LogP contribution in [0, 0.1) is 13.8 Å². The summed E-state index contributed by atoms with van der Waals surface area (Å²) in [4.78, 5) is 29.1. The van der Waals surface area contributed by atoms with E-state index in [1.54, 1.807) is 36.5 Å². The Bertz CT molecular complexity index is 1190. The Kier molecular flexibility index (Phi) is 5.86. The maximum absolute atomic E-state index is 12.8. The van der Waals surface area contributed by atoms with E-state index < -0.39 is 5.91 Å². The molecule has 0 spiro atoms. The fourth-order valence-electron chi connectivity index (χ4n) is 3.53. The molecule has 2 aromatic heterocycles. The van der Waals surface area contributed by atoms with E-state index in [2.05, 4.69) is 20.8 Å². The fourth-order valence-corrected chi connectivity index (χ4v) is 3.71. The number of hydrogen-bond donors (Lipinski definition) is 2. The number of hydrazone groups is 1. The first-order valence-corrected chi connectivity index (χ1v) is 10.3. The van der Waals surface area contributed by atoms with Crippen molar-refractivity contribution in [1.82, 2.24) is 10.4 Å². The van der Waals surface area contributed by atoms with Crippen LogP contribution >= 0.6 is 11.6 Å². The van der Waals surface area contributed by atoms with Gasteiger partial charge in [-0.1, -0.05) is 23.7 Å². The van der Waals surface area contributed by atoms with Crippen molar-refractivity contribution in [3.63, 3.8) is 0 Å². The molecule has 8 heteroatoms. The lowest BCUT2D eigenvalue weighted by atomic mass is 9.93. The number of rotatable bonds is 4. The highest BCUT2D eigenvalue weighted by Crippen LogP contribution is 2.30. The molecule has 0 saturated carbocycles. The molecule has 0 radical (unpaired) electrons. The first kappa shape index (κ1) is 20.8. The van der Waals surface area contributed by atoms with Crippen molar-refractivity contribution in [2.45, 2.75) is 33.1 Å². The summed E-state index contributed by atoms with van der Waals surface area (Å²) in [5.41, 5.74) is 6.51. The summed E-state index contributed by atoms with van der Waals surface area (Å²) in [6.45, 7) is 3.72. The molecule has 2 heterocycles. The predicted octanol–water partition coefficient (Wildman–Crippen LogP) is 4.67. The molecule has 2 N–H and O–H groups in total. The molecular weight excluding hydrogens is 416 g/mol. The van der Waals surface area contributed by atoms with Gasteiger partial charge >= 0.3 is 0 Å². The third-order valence-corrected chi connectivity index (χ3v) is 5.56. The minimum Gasteiger partial charge on any atom is -0.455 e. The highest BCUT2D eigenvalue weighted by atomic mass is 35.5. The summed E-state index contributed by atoms with van der Waals surface area (Å²) in [6.07, 6.45) is 3.73. The van der Waals surface area contributed by atoms with Crippen molar-refractivity contribution in [3.8, 4) is 0 Å². The molecule has 0 unspecified atom stereocenters. The van der Waals surface area contributed by atoms with Crippen molar-refractivity contribution >= 4 is 34.8 Å². The lowest BCUT2D eigenvalue weighted by Crippen LogP contribution is -2.22. The predicted molar refractivity (Wildman–Crippen MR) is 119 cm³/mol. The molecule has 0 aliphatic heterocycles. The smallest absolute Gasteiger partial charge is 0.291 e. The molecule has 2 amide bonds. The Hall–Kier alpha value is -3.45. The Morgan fingerprint density at radius 1 is 1.13 bits per heavy atom. The van der Waals surface area contributed by atoms with Crippen molar-refractivity contribution in [1.29, 1.82) is 0 Å². The van der Waals surface area contributed by atoms with Crippen LogP contribution in [0.5, 0.6) is 0 Å². The van der Waals surface area contributed by atoms with Gasteiger partial charge in [-0.05, 0) is 56.5 Å². The van der Waals surface area contributed by atoms with Crippen LogP contribution < -0.4 is 10.7 Å². The molecule has 1 aliphatic carbocycles. The molecule has 158 valence electrons. The Morgan fingerprint density at radius 3 is 2.71 bits per heavy atom. The molecule has 3 aromatic rings. The van der Waals surface area contributed by atoms with Crippen molar-refractivity contribution in [2.24, 2.45) is 5.10 Å². The van der Waals surface area contributed by atoms with Gasteiger partial charge < -0.3 is 9.73 Å². The first-order valence-electron chi connectivity index (χ1n) is 9.92. The lowest BCUT2D eigenvalue weighted by molar-refractivity contribution is 0.0948.